The van der Waals surface area contributed by atoms with Gasteiger partial charge < -0.3 is 18.3 Å². The Hall–Kier alpha value is -2.49. The molecule has 0 saturated carbocycles. The molecule has 0 aliphatic rings. The molecule has 4 rings (SSSR count). The van der Waals surface area contributed by atoms with Gasteiger partial charge in [-0.25, -0.2) is 0 Å². The Balaban J connectivity index is -0.000000451. The molecule has 0 atom stereocenters. The van der Waals surface area contributed by atoms with Crippen LogP contribution < -0.4 is 0 Å². The second-order valence-corrected chi connectivity index (χ2v) is 6.06. The monoisotopic (exact) mass is 604 g/mol. The van der Waals surface area contributed by atoms with Gasteiger partial charge in [0.05, 0.1) is 0 Å². The first-order valence-corrected chi connectivity index (χ1v) is 14.2. The van der Waals surface area contributed by atoms with Crippen LogP contribution in [0.25, 0.3) is 11.5 Å². The molecule has 0 fully saturated rings. The third-order valence-electron chi connectivity index (χ3n) is 3.47. The van der Waals surface area contributed by atoms with E-state index in [2.05, 4.69) is 26.7 Å². The standard InChI is InChI=1S/C9H6N2O2.C9H13O3.C4H3ClN2.3CH4.ClH.Zn/c12-6-7-3-4-9(13-7)8-2-1-5-10-11-8;1-3-10-9(11-4-2)8-6-5-7-12-8;5-4-2-1-3-6-7-4;;;;;/h1-6H;5-6,9H,3-4H2,1-2H3;1-3H;3*1H4;1H;/q;-1;;;;;;+2/p-1. The van der Waals surface area contributed by atoms with Crippen molar-refractivity contribution < 1.29 is 40.4 Å². The minimum atomic E-state index is -0.383. The van der Waals surface area contributed by atoms with Gasteiger partial charge in [0.2, 0.25) is 0 Å². The topological polar surface area (TPSA) is 113 Å². The second-order valence-electron chi connectivity index (χ2n) is 5.67. The predicted octanol–water partition coefficient (Wildman–Crippen LogP) is 7.43. The summed E-state index contributed by atoms with van der Waals surface area (Å²) in [6.45, 7) is 5.04. The Morgan fingerprint density at radius 3 is 1.97 bits per heavy atom. The van der Waals surface area contributed by atoms with Crippen LogP contribution in [0, 0.1) is 6.26 Å². The van der Waals surface area contributed by atoms with Crippen molar-refractivity contribution in [2.24, 2.45) is 0 Å². The van der Waals surface area contributed by atoms with Crippen LogP contribution in [0.1, 0.15) is 58.7 Å². The fourth-order valence-corrected chi connectivity index (χ4v) is 2.28. The summed E-state index contributed by atoms with van der Waals surface area (Å²) in [6, 6.07) is 13.7. The summed E-state index contributed by atoms with van der Waals surface area (Å²) < 4.78 is 20.8. The molecular weight excluding hydrogens is 573 g/mol. The van der Waals surface area contributed by atoms with E-state index in [1.165, 1.54) is 0 Å². The average Bonchev–Trinajstić information content (AvgIpc) is 3.60. The third kappa shape index (κ3) is 16.1. The van der Waals surface area contributed by atoms with Crippen LogP contribution in [-0.4, -0.2) is 39.9 Å². The summed E-state index contributed by atoms with van der Waals surface area (Å²) in [5.41, 5.74) is 0.621. The maximum atomic E-state index is 10.3. The van der Waals surface area contributed by atoms with Crippen LogP contribution in [0.5, 0.6) is 0 Å². The Bertz CT molecular complexity index is 1000. The quantitative estimate of drug-likeness (QED) is 0.0917. The van der Waals surface area contributed by atoms with Crippen LogP contribution in [0.3, 0.4) is 0 Å². The van der Waals surface area contributed by atoms with Crippen molar-refractivity contribution in [3.8, 4) is 11.5 Å². The van der Waals surface area contributed by atoms with Gasteiger partial charge in [-0.15, -0.1) is 16.3 Å². The number of nitrogens with zero attached hydrogens (tertiary/aromatic N) is 4. The number of ether oxygens (including phenoxy) is 2. The Kier molecular flexibility index (Phi) is 26.6. The molecule has 0 amide bonds. The van der Waals surface area contributed by atoms with Crippen molar-refractivity contribution in [2.75, 3.05) is 13.2 Å². The molecule has 0 aliphatic carbocycles. The SMILES string of the molecule is C.C.C.CCOC(OCC)c1cc[c-]o1.Clc1cccnn1.O=Cc1ccc(-c2cccnn2)o1.[Cl][Zn+]. The molecule has 200 valence electrons. The van der Waals surface area contributed by atoms with Gasteiger partial charge >= 0.3 is 27.0 Å². The zero-order valence-corrected chi connectivity index (χ0v) is 23.1. The molecule has 37 heavy (non-hydrogen) atoms. The van der Waals surface area contributed by atoms with E-state index in [9.17, 15) is 4.79 Å². The number of halogens is 2. The molecule has 0 aromatic carbocycles. The number of hydrogen-bond donors (Lipinski definition) is 0. The zero-order valence-electron chi connectivity index (χ0n) is 18.6. The normalized spacial score (nSPS) is 8.84. The van der Waals surface area contributed by atoms with Crippen molar-refractivity contribution in [3.05, 3.63) is 83.9 Å². The summed E-state index contributed by atoms with van der Waals surface area (Å²) >= 11 is 6.21. The molecule has 0 saturated heterocycles. The first kappa shape index (κ1) is 39.0. The summed E-state index contributed by atoms with van der Waals surface area (Å²) in [5, 5.41) is 15.0. The molecule has 9 nitrogen and oxygen atoms in total. The first-order chi connectivity index (χ1) is 16.7. The maximum absolute atomic E-state index is 10.3. The van der Waals surface area contributed by atoms with Crippen molar-refractivity contribution >= 4 is 27.6 Å². The van der Waals surface area contributed by atoms with Gasteiger partial charge in [-0.2, -0.15) is 16.3 Å². The summed E-state index contributed by atoms with van der Waals surface area (Å²) in [7, 11) is 4.76. The van der Waals surface area contributed by atoms with E-state index in [0.717, 1.165) is 17.3 Å². The average molecular weight is 607 g/mol. The van der Waals surface area contributed by atoms with Crippen LogP contribution in [-0.2, 0) is 26.8 Å². The van der Waals surface area contributed by atoms with E-state index >= 15 is 0 Å². The molecule has 4 aromatic heterocycles. The molecule has 12 heteroatoms. The Morgan fingerprint density at radius 1 is 0.973 bits per heavy atom. The van der Waals surface area contributed by atoms with E-state index in [1.54, 1.807) is 60.9 Å². The summed E-state index contributed by atoms with van der Waals surface area (Å²) in [6.07, 6.45) is 6.01. The van der Waals surface area contributed by atoms with Crippen molar-refractivity contribution in [3.63, 3.8) is 0 Å². The van der Waals surface area contributed by atoms with Crippen LogP contribution in [0.2, 0.25) is 5.15 Å². The van der Waals surface area contributed by atoms with Crippen LogP contribution in [0.15, 0.2) is 69.8 Å². The fraction of sp³-hybridized carbons (Fsp3) is 0.320. The van der Waals surface area contributed by atoms with Gasteiger partial charge in [-0.1, -0.05) is 33.9 Å². The Labute approximate surface area is 238 Å². The molecule has 0 N–H and O–H groups in total. The molecule has 4 heterocycles. The van der Waals surface area contributed by atoms with E-state index in [1.807, 2.05) is 13.8 Å². The number of carbonyl (C=O) groups is 1. The number of carbonyl (C=O) groups excluding carboxylic acids is 1. The molecule has 0 radical (unpaired) electrons. The number of aldehydes is 1. The molecular formula is C25H34Cl2N4O5Zn. The van der Waals surface area contributed by atoms with E-state index in [4.69, 9.17) is 39.6 Å². The van der Waals surface area contributed by atoms with Crippen molar-refractivity contribution in [1.82, 2.24) is 20.4 Å². The van der Waals surface area contributed by atoms with Gasteiger partial charge in [0.15, 0.2) is 29.2 Å². The number of hydrogen-bond acceptors (Lipinski definition) is 9. The van der Waals surface area contributed by atoms with Gasteiger partial charge in [0, 0.05) is 25.6 Å². The fourth-order valence-electron chi connectivity index (χ4n) is 2.16. The molecule has 0 spiro atoms. The Morgan fingerprint density at radius 2 is 1.59 bits per heavy atom. The van der Waals surface area contributed by atoms with Crippen LogP contribution >= 0.6 is 21.3 Å². The van der Waals surface area contributed by atoms with Gasteiger partial charge in [-0.3, -0.25) is 4.79 Å². The third-order valence-corrected chi connectivity index (χ3v) is 3.67. The number of rotatable bonds is 7. The van der Waals surface area contributed by atoms with Gasteiger partial charge in [0.25, 0.3) is 0 Å². The van der Waals surface area contributed by atoms with Crippen molar-refractivity contribution in [2.45, 2.75) is 42.4 Å². The van der Waals surface area contributed by atoms with Gasteiger partial charge in [-0.05, 0) is 62.3 Å². The van der Waals surface area contributed by atoms with E-state index in [-0.39, 0.29) is 28.6 Å². The van der Waals surface area contributed by atoms with Crippen molar-refractivity contribution in [1.29, 1.82) is 0 Å². The first-order valence-electron chi connectivity index (χ1n) is 9.89. The zero-order chi connectivity index (χ0) is 25.0. The summed E-state index contributed by atoms with van der Waals surface area (Å²) in [4.78, 5) is 10.3. The minimum absolute atomic E-state index is 0. The molecule has 0 unspecified atom stereocenters. The van der Waals surface area contributed by atoms with Crippen LogP contribution in [0.4, 0.5) is 0 Å². The number of furan rings is 2. The van der Waals surface area contributed by atoms with E-state index in [0.29, 0.717) is 47.6 Å². The van der Waals surface area contributed by atoms with E-state index < -0.39 is 0 Å². The molecule has 4 aromatic rings. The van der Waals surface area contributed by atoms with Gasteiger partial charge in [0.1, 0.15) is 5.69 Å². The second kappa shape index (κ2) is 25.2. The number of aromatic nitrogens is 4. The predicted molar refractivity (Wildman–Crippen MR) is 142 cm³/mol. The molecule has 0 aliphatic heterocycles. The summed E-state index contributed by atoms with van der Waals surface area (Å²) in [5.74, 6) is 1.51. The molecule has 0 bridgehead atoms.